The smallest absolute Gasteiger partial charge is 0.261 e. The van der Waals surface area contributed by atoms with Crippen molar-refractivity contribution in [1.82, 2.24) is 9.88 Å². The third-order valence-electron chi connectivity index (χ3n) is 5.69. The van der Waals surface area contributed by atoms with Crippen molar-refractivity contribution in [2.45, 2.75) is 30.9 Å². The maximum Gasteiger partial charge on any atom is 0.261 e. The Morgan fingerprint density at radius 2 is 2.07 bits per heavy atom. The van der Waals surface area contributed by atoms with Gasteiger partial charge in [-0.2, -0.15) is 0 Å². The lowest BCUT2D eigenvalue weighted by Gasteiger charge is -2.37. The Morgan fingerprint density at radius 3 is 2.74 bits per heavy atom. The average Bonchev–Trinajstić information content (AvgIpc) is 3.48. The molecule has 27 heavy (non-hydrogen) atoms. The van der Waals surface area contributed by atoms with Crippen LogP contribution in [0.3, 0.4) is 0 Å². The average molecular weight is 383 g/mol. The number of hydrogen-bond acceptors (Lipinski definition) is 5. The summed E-state index contributed by atoms with van der Waals surface area (Å²) < 4.78 is 6.25. The lowest BCUT2D eigenvalue weighted by molar-refractivity contribution is -0.132. The molecule has 1 aromatic carbocycles. The Bertz CT molecular complexity index is 988. The van der Waals surface area contributed by atoms with E-state index in [-0.39, 0.29) is 18.0 Å². The fourth-order valence-electron chi connectivity index (χ4n) is 4.05. The summed E-state index contributed by atoms with van der Waals surface area (Å²) in [6, 6.07) is 7.68. The van der Waals surface area contributed by atoms with Crippen LogP contribution in [-0.4, -0.2) is 34.9 Å². The summed E-state index contributed by atoms with van der Waals surface area (Å²) in [5.74, 6) is 1.34. The molecule has 5 rings (SSSR count). The van der Waals surface area contributed by atoms with Gasteiger partial charge in [-0.3, -0.25) is 14.7 Å². The van der Waals surface area contributed by atoms with Crippen LogP contribution in [0, 0.1) is 5.92 Å². The highest BCUT2D eigenvalue weighted by Gasteiger charge is 2.55. The molecule has 2 aromatic rings. The van der Waals surface area contributed by atoms with Crippen LogP contribution in [0.5, 0.6) is 5.75 Å². The molecule has 0 saturated heterocycles. The second-order valence-corrected chi connectivity index (χ2v) is 7.93. The minimum atomic E-state index is -1.01. The van der Waals surface area contributed by atoms with Crippen LogP contribution in [0.15, 0.2) is 41.7 Å². The third-order valence-corrected chi connectivity index (χ3v) is 5.90. The molecule has 1 aliphatic carbocycles. The molecule has 2 atom stereocenters. The first-order chi connectivity index (χ1) is 13.0. The molecule has 3 aliphatic rings. The molecule has 0 bridgehead atoms. The van der Waals surface area contributed by atoms with Crippen LogP contribution in [0.25, 0.3) is 11.1 Å². The fourth-order valence-corrected chi connectivity index (χ4v) is 4.22. The molecule has 138 valence electrons. The number of amides is 1. The number of pyridine rings is 1. The maximum absolute atomic E-state index is 13.2. The number of likely N-dealkylation sites (N-methyl/N-ethyl adjacent to an activating group) is 1. The van der Waals surface area contributed by atoms with Crippen molar-refractivity contribution in [3.05, 3.63) is 47.2 Å². The second-order valence-electron chi connectivity index (χ2n) is 7.50. The zero-order valence-corrected chi connectivity index (χ0v) is 15.6. The van der Waals surface area contributed by atoms with E-state index in [4.69, 9.17) is 22.1 Å². The normalized spacial score (nSPS) is 26.7. The lowest BCUT2D eigenvalue weighted by atomic mass is 9.79. The standard InChI is InChI=1S/C20H19ClN4O2/c1-25-18(26)20(24-19(25)22)8-17(11-2-3-11)27-16-5-4-12(7-15(16)20)13-6-14(21)10-23-9-13/h4-7,9-11,17H,2-3,8H2,1H3,(H2,22,24). The first kappa shape index (κ1) is 16.6. The Morgan fingerprint density at radius 1 is 1.26 bits per heavy atom. The number of carbonyl (C=O) groups excluding carboxylic acids is 1. The zero-order valence-electron chi connectivity index (χ0n) is 14.9. The Balaban J connectivity index is 1.67. The summed E-state index contributed by atoms with van der Waals surface area (Å²) in [6.07, 6.45) is 6.11. The quantitative estimate of drug-likeness (QED) is 0.865. The molecule has 1 fully saturated rings. The van der Waals surface area contributed by atoms with Gasteiger partial charge >= 0.3 is 0 Å². The van der Waals surface area contributed by atoms with Gasteiger partial charge in [0.25, 0.3) is 5.91 Å². The van der Waals surface area contributed by atoms with Gasteiger partial charge in [0.15, 0.2) is 11.5 Å². The number of aliphatic imine (C=N–C) groups is 1. The third kappa shape index (κ3) is 2.51. The van der Waals surface area contributed by atoms with E-state index in [1.165, 1.54) is 4.90 Å². The van der Waals surface area contributed by atoms with Gasteiger partial charge in [-0.25, -0.2) is 4.99 Å². The van der Waals surface area contributed by atoms with Crippen LogP contribution in [0.2, 0.25) is 5.02 Å². The van der Waals surface area contributed by atoms with Crippen LogP contribution in [0.1, 0.15) is 24.8 Å². The molecule has 2 aliphatic heterocycles. The molecule has 1 aromatic heterocycles. The van der Waals surface area contributed by atoms with Gasteiger partial charge in [-0.1, -0.05) is 17.7 Å². The Labute approximate surface area is 162 Å². The van der Waals surface area contributed by atoms with E-state index in [0.717, 1.165) is 29.5 Å². The van der Waals surface area contributed by atoms with E-state index in [9.17, 15) is 4.79 Å². The molecule has 1 amide bonds. The molecule has 2 unspecified atom stereocenters. The van der Waals surface area contributed by atoms with Gasteiger partial charge in [0.1, 0.15) is 11.9 Å². The Hall–Kier alpha value is -2.60. The monoisotopic (exact) mass is 382 g/mol. The van der Waals surface area contributed by atoms with Crippen molar-refractivity contribution in [2.24, 2.45) is 16.6 Å². The number of hydrogen-bond donors (Lipinski definition) is 1. The molecule has 2 N–H and O–H groups in total. The topological polar surface area (TPSA) is 80.8 Å². The van der Waals surface area contributed by atoms with E-state index >= 15 is 0 Å². The number of halogens is 1. The predicted octanol–water partition coefficient (Wildman–Crippen LogP) is 2.95. The number of carbonyl (C=O) groups is 1. The van der Waals surface area contributed by atoms with Crippen molar-refractivity contribution >= 4 is 23.5 Å². The number of aromatic nitrogens is 1. The summed E-state index contributed by atoms with van der Waals surface area (Å²) >= 11 is 6.09. The molecular weight excluding hydrogens is 364 g/mol. The van der Waals surface area contributed by atoms with Crippen LogP contribution in [0.4, 0.5) is 0 Å². The summed E-state index contributed by atoms with van der Waals surface area (Å²) in [7, 11) is 1.67. The summed E-state index contributed by atoms with van der Waals surface area (Å²) in [6.45, 7) is 0. The summed E-state index contributed by atoms with van der Waals surface area (Å²) in [5.41, 5.74) is 7.56. The first-order valence-corrected chi connectivity index (χ1v) is 9.41. The van der Waals surface area contributed by atoms with Gasteiger partial charge in [0.05, 0.1) is 5.02 Å². The molecule has 7 heteroatoms. The number of guanidine groups is 1. The van der Waals surface area contributed by atoms with Crippen molar-refractivity contribution in [3.63, 3.8) is 0 Å². The number of fused-ring (bicyclic) bond motifs is 2. The molecule has 0 radical (unpaired) electrons. The number of nitrogens with zero attached hydrogens (tertiary/aromatic N) is 3. The number of benzene rings is 1. The molecular formula is C20H19ClN4O2. The molecule has 3 heterocycles. The van der Waals surface area contributed by atoms with E-state index in [2.05, 4.69) is 9.98 Å². The first-order valence-electron chi connectivity index (χ1n) is 9.03. The van der Waals surface area contributed by atoms with E-state index < -0.39 is 5.54 Å². The Kier molecular flexibility index (Phi) is 3.49. The minimum absolute atomic E-state index is 0.0109. The number of rotatable bonds is 2. The van der Waals surface area contributed by atoms with Crippen molar-refractivity contribution in [2.75, 3.05) is 7.05 Å². The second kappa shape index (κ2) is 5.70. The van der Waals surface area contributed by atoms with Crippen LogP contribution in [-0.2, 0) is 10.3 Å². The summed E-state index contributed by atoms with van der Waals surface area (Å²) in [5, 5.41) is 0.559. The van der Waals surface area contributed by atoms with Crippen molar-refractivity contribution in [1.29, 1.82) is 0 Å². The van der Waals surface area contributed by atoms with Gasteiger partial charge < -0.3 is 10.5 Å². The highest BCUT2D eigenvalue weighted by atomic mass is 35.5. The predicted molar refractivity (Wildman–Crippen MR) is 103 cm³/mol. The van der Waals surface area contributed by atoms with Gasteiger partial charge in [-0.15, -0.1) is 0 Å². The van der Waals surface area contributed by atoms with Crippen molar-refractivity contribution in [3.8, 4) is 16.9 Å². The van der Waals surface area contributed by atoms with E-state index in [1.807, 2.05) is 24.3 Å². The number of ether oxygens (including phenoxy) is 1. The molecule has 1 saturated carbocycles. The molecule has 6 nitrogen and oxygen atoms in total. The summed E-state index contributed by atoms with van der Waals surface area (Å²) in [4.78, 5) is 23.4. The highest BCUT2D eigenvalue weighted by molar-refractivity contribution is 6.30. The van der Waals surface area contributed by atoms with E-state index in [0.29, 0.717) is 23.1 Å². The molecule has 1 spiro atoms. The van der Waals surface area contributed by atoms with Crippen LogP contribution < -0.4 is 10.5 Å². The highest BCUT2D eigenvalue weighted by Crippen LogP contribution is 2.51. The van der Waals surface area contributed by atoms with Crippen LogP contribution >= 0.6 is 11.6 Å². The van der Waals surface area contributed by atoms with Crippen molar-refractivity contribution < 1.29 is 9.53 Å². The van der Waals surface area contributed by atoms with Gasteiger partial charge in [0.2, 0.25) is 0 Å². The lowest BCUT2D eigenvalue weighted by Crippen LogP contribution is -2.46. The largest absolute Gasteiger partial charge is 0.490 e. The number of nitrogens with two attached hydrogens (primary N) is 1. The maximum atomic E-state index is 13.2. The minimum Gasteiger partial charge on any atom is -0.490 e. The SMILES string of the molecule is CN1C(=O)C2(CC(C3CC3)Oc3ccc(-c4cncc(Cl)c4)cc32)N=C1N. The van der Waals surface area contributed by atoms with Gasteiger partial charge in [0, 0.05) is 37.0 Å². The fraction of sp³-hybridized carbons (Fsp3) is 0.350. The zero-order chi connectivity index (χ0) is 18.8. The van der Waals surface area contributed by atoms with E-state index in [1.54, 1.807) is 19.4 Å². The van der Waals surface area contributed by atoms with Gasteiger partial charge in [-0.05, 0) is 42.5 Å².